The molecule has 1 saturated carbocycles. The lowest BCUT2D eigenvalue weighted by atomic mass is 9.76. The zero-order chi connectivity index (χ0) is 22.7. The van der Waals surface area contributed by atoms with Crippen LogP contribution >= 0.6 is 0 Å². The number of benzene rings is 2. The second-order valence-corrected chi connectivity index (χ2v) is 9.24. The second-order valence-electron chi connectivity index (χ2n) is 9.24. The molecule has 1 fully saturated rings. The molecular formula is C27H35N5. The molecule has 5 heteroatoms. The Hall–Kier alpha value is -2.79. The summed E-state index contributed by atoms with van der Waals surface area (Å²) < 4.78 is 2.14. The molecule has 1 aromatic heterocycles. The minimum Gasteiger partial charge on any atom is -0.323 e. The third kappa shape index (κ3) is 4.53. The Labute approximate surface area is 191 Å². The van der Waals surface area contributed by atoms with Crippen molar-refractivity contribution in [3.63, 3.8) is 0 Å². The van der Waals surface area contributed by atoms with Gasteiger partial charge in [-0.3, -0.25) is 9.56 Å². The number of nitrogens with two attached hydrogens (primary N) is 1. The van der Waals surface area contributed by atoms with Crippen molar-refractivity contribution in [3.05, 3.63) is 76.9 Å². The number of rotatable bonds is 6. The van der Waals surface area contributed by atoms with Gasteiger partial charge >= 0.3 is 0 Å². The monoisotopic (exact) mass is 429 g/mol. The van der Waals surface area contributed by atoms with Crippen molar-refractivity contribution >= 4 is 5.71 Å². The van der Waals surface area contributed by atoms with E-state index in [4.69, 9.17) is 10.7 Å². The SMILES string of the molecule is CCc1ccc(-n2c(C)nnc2C(N=C(C)c2ccc(C)cc2)C2(N)CCCCC2)cc1. The van der Waals surface area contributed by atoms with Crippen LogP contribution in [-0.2, 0) is 6.42 Å². The molecule has 0 saturated heterocycles. The van der Waals surface area contributed by atoms with Gasteiger partial charge in [0, 0.05) is 16.9 Å². The van der Waals surface area contributed by atoms with Crippen molar-refractivity contribution in [2.75, 3.05) is 0 Å². The average molecular weight is 430 g/mol. The van der Waals surface area contributed by atoms with Gasteiger partial charge < -0.3 is 5.73 Å². The minimum absolute atomic E-state index is 0.254. The van der Waals surface area contributed by atoms with Crippen LogP contribution in [0.2, 0.25) is 0 Å². The molecule has 1 unspecified atom stereocenters. The summed E-state index contributed by atoms with van der Waals surface area (Å²) in [5.74, 6) is 1.69. The first kappa shape index (κ1) is 22.4. The van der Waals surface area contributed by atoms with Crippen LogP contribution in [0, 0.1) is 13.8 Å². The van der Waals surface area contributed by atoms with Crippen molar-refractivity contribution in [1.29, 1.82) is 0 Å². The van der Waals surface area contributed by atoms with Gasteiger partial charge in [-0.15, -0.1) is 10.2 Å². The molecule has 0 radical (unpaired) electrons. The third-order valence-corrected chi connectivity index (χ3v) is 6.82. The highest BCUT2D eigenvalue weighted by Crippen LogP contribution is 2.39. The molecule has 32 heavy (non-hydrogen) atoms. The molecule has 2 N–H and O–H groups in total. The van der Waals surface area contributed by atoms with Gasteiger partial charge in [0.25, 0.3) is 0 Å². The van der Waals surface area contributed by atoms with Gasteiger partial charge in [0.05, 0.1) is 0 Å². The summed E-state index contributed by atoms with van der Waals surface area (Å²) in [7, 11) is 0. The Morgan fingerprint density at radius 3 is 2.28 bits per heavy atom. The molecule has 168 valence electrons. The van der Waals surface area contributed by atoms with E-state index in [2.05, 4.69) is 84.1 Å². The van der Waals surface area contributed by atoms with Crippen LogP contribution in [0.25, 0.3) is 5.69 Å². The predicted octanol–water partition coefficient (Wildman–Crippen LogP) is 5.66. The first-order chi connectivity index (χ1) is 15.4. The molecule has 1 aliphatic rings. The highest BCUT2D eigenvalue weighted by atomic mass is 15.3. The Balaban J connectivity index is 1.82. The number of aromatic nitrogens is 3. The van der Waals surface area contributed by atoms with Gasteiger partial charge in [-0.25, -0.2) is 0 Å². The van der Waals surface area contributed by atoms with E-state index in [0.29, 0.717) is 0 Å². The quantitative estimate of drug-likeness (QED) is 0.514. The van der Waals surface area contributed by atoms with Gasteiger partial charge in [0.1, 0.15) is 11.9 Å². The fourth-order valence-electron chi connectivity index (χ4n) is 4.75. The lowest BCUT2D eigenvalue weighted by Gasteiger charge is -2.38. The zero-order valence-corrected chi connectivity index (χ0v) is 19.8. The van der Waals surface area contributed by atoms with E-state index in [-0.39, 0.29) is 6.04 Å². The standard InChI is InChI=1S/C27H35N5/c1-5-22-11-15-24(16-12-22)32-21(4)30-31-26(32)25(27(28)17-7-6-8-18-27)29-20(3)23-13-9-19(2)10-14-23/h9-16,25H,5-8,17-18,28H2,1-4H3. The van der Waals surface area contributed by atoms with E-state index in [1.807, 2.05) is 6.92 Å². The van der Waals surface area contributed by atoms with Crippen LogP contribution in [0.3, 0.4) is 0 Å². The summed E-state index contributed by atoms with van der Waals surface area (Å²) in [6.07, 6.45) is 6.40. The first-order valence-electron chi connectivity index (χ1n) is 11.8. The van der Waals surface area contributed by atoms with Crippen molar-refractivity contribution < 1.29 is 0 Å². The number of nitrogens with zero attached hydrogens (tertiary/aromatic N) is 4. The molecule has 2 aromatic carbocycles. The third-order valence-electron chi connectivity index (χ3n) is 6.82. The van der Waals surface area contributed by atoms with E-state index >= 15 is 0 Å². The van der Waals surface area contributed by atoms with Gasteiger partial charge in [0.2, 0.25) is 0 Å². The predicted molar refractivity (Wildman–Crippen MR) is 132 cm³/mol. The Bertz CT molecular complexity index is 1070. The smallest absolute Gasteiger partial charge is 0.164 e. The highest BCUT2D eigenvalue weighted by molar-refractivity contribution is 5.98. The van der Waals surface area contributed by atoms with Crippen LogP contribution < -0.4 is 5.73 Å². The van der Waals surface area contributed by atoms with Gasteiger partial charge in [0.15, 0.2) is 5.82 Å². The molecule has 1 heterocycles. The average Bonchev–Trinajstić information content (AvgIpc) is 3.19. The molecule has 0 bridgehead atoms. The molecule has 0 spiro atoms. The number of aliphatic imine (C=N–C) groups is 1. The maximum Gasteiger partial charge on any atom is 0.164 e. The zero-order valence-electron chi connectivity index (χ0n) is 19.8. The van der Waals surface area contributed by atoms with Crippen molar-refractivity contribution in [2.24, 2.45) is 10.7 Å². The summed E-state index contributed by atoms with van der Waals surface area (Å²) in [4.78, 5) is 5.24. The molecule has 4 rings (SSSR count). The molecule has 3 aromatic rings. The van der Waals surface area contributed by atoms with Gasteiger partial charge in [-0.2, -0.15) is 0 Å². The van der Waals surface area contributed by atoms with E-state index in [1.165, 1.54) is 17.5 Å². The first-order valence-corrected chi connectivity index (χ1v) is 11.8. The lowest BCUT2D eigenvalue weighted by Crippen LogP contribution is -2.47. The number of hydrogen-bond acceptors (Lipinski definition) is 4. The topological polar surface area (TPSA) is 69.1 Å². The minimum atomic E-state index is -0.426. The molecule has 1 atom stereocenters. The largest absolute Gasteiger partial charge is 0.323 e. The maximum absolute atomic E-state index is 7.10. The Kier molecular flexibility index (Phi) is 6.56. The van der Waals surface area contributed by atoms with Crippen molar-refractivity contribution in [3.8, 4) is 5.69 Å². The summed E-state index contributed by atoms with van der Waals surface area (Å²) in [5.41, 5.74) is 12.4. The normalized spacial score (nSPS) is 17.3. The molecular weight excluding hydrogens is 394 g/mol. The number of hydrogen-bond donors (Lipinski definition) is 1. The summed E-state index contributed by atoms with van der Waals surface area (Å²) in [6, 6.07) is 16.9. The van der Waals surface area contributed by atoms with Crippen LogP contribution in [0.1, 0.15) is 80.3 Å². The van der Waals surface area contributed by atoms with Gasteiger partial charge in [-0.1, -0.05) is 68.1 Å². The molecule has 0 amide bonds. The molecule has 1 aliphatic carbocycles. The lowest BCUT2D eigenvalue weighted by molar-refractivity contribution is 0.243. The van der Waals surface area contributed by atoms with Crippen molar-refractivity contribution in [2.45, 2.75) is 77.8 Å². The van der Waals surface area contributed by atoms with Crippen LogP contribution in [-0.4, -0.2) is 26.0 Å². The fourth-order valence-corrected chi connectivity index (χ4v) is 4.75. The summed E-state index contributed by atoms with van der Waals surface area (Å²) in [5, 5.41) is 9.10. The molecule has 0 aliphatic heterocycles. The second kappa shape index (κ2) is 9.37. The molecule has 5 nitrogen and oxygen atoms in total. The van der Waals surface area contributed by atoms with Crippen LogP contribution in [0.4, 0.5) is 0 Å². The van der Waals surface area contributed by atoms with Gasteiger partial charge in [-0.05, 0) is 63.3 Å². The van der Waals surface area contributed by atoms with E-state index in [9.17, 15) is 0 Å². The Morgan fingerprint density at radius 2 is 1.66 bits per heavy atom. The van der Waals surface area contributed by atoms with E-state index in [0.717, 1.165) is 60.7 Å². The van der Waals surface area contributed by atoms with E-state index in [1.54, 1.807) is 0 Å². The number of aryl methyl sites for hydroxylation is 3. The highest BCUT2D eigenvalue weighted by Gasteiger charge is 2.40. The fraction of sp³-hybridized carbons (Fsp3) is 0.444. The van der Waals surface area contributed by atoms with Crippen LogP contribution in [0.5, 0.6) is 0 Å². The summed E-state index contributed by atoms with van der Waals surface area (Å²) >= 11 is 0. The van der Waals surface area contributed by atoms with Crippen molar-refractivity contribution in [1.82, 2.24) is 14.8 Å². The van der Waals surface area contributed by atoms with E-state index < -0.39 is 5.54 Å². The van der Waals surface area contributed by atoms with Crippen LogP contribution in [0.15, 0.2) is 53.5 Å². The summed E-state index contributed by atoms with van der Waals surface area (Å²) in [6.45, 7) is 8.35. The maximum atomic E-state index is 7.10. The Morgan fingerprint density at radius 1 is 1.00 bits per heavy atom.